The highest BCUT2D eigenvalue weighted by Gasteiger charge is 2.18. The molecule has 2 N–H and O–H groups in total. The summed E-state index contributed by atoms with van der Waals surface area (Å²) >= 11 is 0. The number of halogens is 1. The van der Waals surface area contributed by atoms with Gasteiger partial charge in [-0.25, -0.2) is 4.39 Å². The number of anilines is 1. The summed E-state index contributed by atoms with van der Waals surface area (Å²) in [6.45, 7) is 4.41. The molecule has 5 nitrogen and oxygen atoms in total. The molecule has 2 rings (SSSR count). The lowest BCUT2D eigenvalue weighted by molar-refractivity contribution is -0.123. The fourth-order valence-electron chi connectivity index (χ4n) is 2.96. The van der Waals surface area contributed by atoms with Crippen molar-refractivity contribution in [2.24, 2.45) is 5.92 Å². The van der Waals surface area contributed by atoms with Gasteiger partial charge in [-0.1, -0.05) is 44.2 Å². The summed E-state index contributed by atoms with van der Waals surface area (Å²) in [5.74, 6) is -0.318. The number of nitrogens with one attached hydrogen (secondary N) is 2. The summed E-state index contributed by atoms with van der Waals surface area (Å²) in [5.41, 5.74) is 1.59. The fraction of sp³-hybridized carbons (Fsp3) is 0.364. The predicted octanol–water partition coefficient (Wildman–Crippen LogP) is 3.60. The van der Waals surface area contributed by atoms with E-state index in [1.807, 2.05) is 30.3 Å². The molecule has 1 atom stereocenters. The molecule has 0 saturated heterocycles. The lowest BCUT2D eigenvalue weighted by atomic mass is 9.97. The van der Waals surface area contributed by atoms with Crippen LogP contribution in [0.3, 0.4) is 0 Å². The standard InChI is InChI=1S/C22H28FN3O2/c1-16(2)13-20(17-7-5-4-6-8-17)25-22(28)15-26(3)14-21(27)24-19-11-9-18(23)10-12-19/h4-12,16,20H,13-15H2,1-3H3,(H,24,27)(H,25,28)/t20-/m0/s1. The smallest absolute Gasteiger partial charge is 0.238 e. The molecule has 0 aliphatic rings. The third-order valence-corrected chi connectivity index (χ3v) is 4.20. The van der Waals surface area contributed by atoms with E-state index in [9.17, 15) is 14.0 Å². The summed E-state index contributed by atoms with van der Waals surface area (Å²) in [5, 5.41) is 5.76. The van der Waals surface area contributed by atoms with E-state index in [1.165, 1.54) is 24.3 Å². The summed E-state index contributed by atoms with van der Waals surface area (Å²) in [4.78, 5) is 26.2. The van der Waals surface area contributed by atoms with Gasteiger partial charge in [-0.2, -0.15) is 0 Å². The van der Waals surface area contributed by atoms with Crippen LogP contribution in [0.1, 0.15) is 31.9 Å². The number of nitrogens with zero attached hydrogens (tertiary/aromatic N) is 1. The summed E-state index contributed by atoms with van der Waals surface area (Å²) in [7, 11) is 1.71. The Morgan fingerprint density at radius 2 is 1.57 bits per heavy atom. The molecule has 2 amide bonds. The van der Waals surface area contributed by atoms with E-state index in [-0.39, 0.29) is 36.8 Å². The SMILES string of the molecule is CC(C)C[C@H](NC(=O)CN(C)CC(=O)Nc1ccc(F)cc1)c1ccccc1. The molecule has 0 aliphatic carbocycles. The maximum Gasteiger partial charge on any atom is 0.238 e. The zero-order chi connectivity index (χ0) is 20.5. The van der Waals surface area contributed by atoms with Crippen LogP contribution in [-0.4, -0.2) is 36.9 Å². The molecule has 2 aromatic carbocycles. The van der Waals surface area contributed by atoms with E-state index >= 15 is 0 Å². The second-order valence-corrected chi connectivity index (χ2v) is 7.39. The van der Waals surface area contributed by atoms with Crippen molar-refractivity contribution in [2.75, 3.05) is 25.5 Å². The predicted molar refractivity (Wildman–Crippen MR) is 109 cm³/mol. The summed E-state index contributed by atoms with van der Waals surface area (Å²) in [6, 6.07) is 15.4. The van der Waals surface area contributed by atoms with E-state index in [4.69, 9.17) is 0 Å². The fourth-order valence-corrected chi connectivity index (χ4v) is 2.96. The van der Waals surface area contributed by atoms with E-state index in [1.54, 1.807) is 11.9 Å². The number of carbonyl (C=O) groups excluding carboxylic acids is 2. The van der Waals surface area contributed by atoms with Crippen LogP contribution in [0.2, 0.25) is 0 Å². The van der Waals surface area contributed by atoms with E-state index in [0.717, 1.165) is 12.0 Å². The van der Waals surface area contributed by atoms with E-state index in [0.29, 0.717) is 11.6 Å². The van der Waals surface area contributed by atoms with Crippen LogP contribution in [0.4, 0.5) is 10.1 Å². The van der Waals surface area contributed by atoms with Crippen LogP contribution in [0.25, 0.3) is 0 Å². The minimum Gasteiger partial charge on any atom is -0.348 e. The molecule has 6 heteroatoms. The van der Waals surface area contributed by atoms with Crippen LogP contribution in [-0.2, 0) is 9.59 Å². The molecule has 0 fully saturated rings. The molecule has 0 spiro atoms. The van der Waals surface area contributed by atoms with Gasteiger partial charge in [0.05, 0.1) is 19.1 Å². The normalized spacial score (nSPS) is 12.1. The maximum atomic E-state index is 12.9. The van der Waals surface area contributed by atoms with Crippen molar-refractivity contribution < 1.29 is 14.0 Å². The highest BCUT2D eigenvalue weighted by Crippen LogP contribution is 2.21. The van der Waals surface area contributed by atoms with Crippen molar-refractivity contribution in [3.63, 3.8) is 0 Å². The lowest BCUT2D eigenvalue weighted by Crippen LogP contribution is -2.40. The Kier molecular flexibility index (Phi) is 8.14. The maximum absolute atomic E-state index is 12.9. The molecule has 2 aromatic rings. The van der Waals surface area contributed by atoms with Gasteiger partial charge in [-0.15, -0.1) is 0 Å². The molecule has 0 aliphatic heterocycles. The second-order valence-electron chi connectivity index (χ2n) is 7.39. The summed E-state index contributed by atoms with van der Waals surface area (Å²) < 4.78 is 12.9. The Hall–Kier alpha value is -2.73. The molecular formula is C22H28FN3O2. The van der Waals surface area contributed by atoms with Gasteiger partial charge in [0.1, 0.15) is 5.82 Å². The first kappa shape index (κ1) is 21.6. The van der Waals surface area contributed by atoms with Crippen molar-refractivity contribution in [3.05, 3.63) is 66.0 Å². The van der Waals surface area contributed by atoms with Crippen molar-refractivity contribution in [1.29, 1.82) is 0 Å². The molecular weight excluding hydrogens is 357 g/mol. The quantitative estimate of drug-likeness (QED) is 0.693. The monoisotopic (exact) mass is 385 g/mol. The third-order valence-electron chi connectivity index (χ3n) is 4.20. The average molecular weight is 385 g/mol. The number of benzene rings is 2. The van der Waals surface area contributed by atoms with Gasteiger partial charge in [-0.05, 0) is 49.2 Å². The number of likely N-dealkylation sites (N-methyl/N-ethyl adjacent to an activating group) is 1. The molecule has 0 aromatic heterocycles. The number of carbonyl (C=O) groups is 2. The topological polar surface area (TPSA) is 61.4 Å². The number of rotatable bonds is 9. The van der Waals surface area contributed by atoms with E-state index in [2.05, 4.69) is 24.5 Å². The average Bonchev–Trinajstić information content (AvgIpc) is 2.63. The molecule has 0 heterocycles. The van der Waals surface area contributed by atoms with Crippen molar-refractivity contribution in [1.82, 2.24) is 10.2 Å². The lowest BCUT2D eigenvalue weighted by Gasteiger charge is -2.23. The van der Waals surface area contributed by atoms with Crippen LogP contribution >= 0.6 is 0 Å². The van der Waals surface area contributed by atoms with Crippen molar-refractivity contribution >= 4 is 17.5 Å². The first-order valence-corrected chi connectivity index (χ1v) is 9.41. The Labute approximate surface area is 165 Å². The van der Waals surface area contributed by atoms with Gasteiger partial charge in [-0.3, -0.25) is 14.5 Å². The number of amides is 2. The molecule has 28 heavy (non-hydrogen) atoms. The minimum atomic E-state index is -0.360. The Morgan fingerprint density at radius 1 is 0.964 bits per heavy atom. The number of hydrogen-bond acceptors (Lipinski definition) is 3. The third kappa shape index (κ3) is 7.48. The van der Waals surface area contributed by atoms with Gasteiger partial charge in [0.2, 0.25) is 11.8 Å². The van der Waals surface area contributed by atoms with Crippen LogP contribution in [0.15, 0.2) is 54.6 Å². The molecule has 0 unspecified atom stereocenters. The first-order valence-electron chi connectivity index (χ1n) is 9.41. The van der Waals surface area contributed by atoms with Crippen LogP contribution in [0.5, 0.6) is 0 Å². The molecule has 150 valence electrons. The highest BCUT2D eigenvalue weighted by molar-refractivity contribution is 5.92. The Balaban J connectivity index is 1.86. The molecule has 0 saturated carbocycles. The zero-order valence-corrected chi connectivity index (χ0v) is 16.6. The van der Waals surface area contributed by atoms with Gasteiger partial charge in [0.15, 0.2) is 0 Å². The van der Waals surface area contributed by atoms with Crippen LogP contribution < -0.4 is 10.6 Å². The largest absolute Gasteiger partial charge is 0.348 e. The Morgan fingerprint density at radius 3 is 2.18 bits per heavy atom. The van der Waals surface area contributed by atoms with Crippen molar-refractivity contribution in [3.8, 4) is 0 Å². The van der Waals surface area contributed by atoms with Crippen LogP contribution in [0, 0.1) is 11.7 Å². The highest BCUT2D eigenvalue weighted by atomic mass is 19.1. The molecule has 0 bridgehead atoms. The Bertz CT molecular complexity index is 763. The van der Waals surface area contributed by atoms with Gasteiger partial charge in [0.25, 0.3) is 0 Å². The van der Waals surface area contributed by atoms with Gasteiger partial charge in [0, 0.05) is 5.69 Å². The van der Waals surface area contributed by atoms with Gasteiger partial charge >= 0.3 is 0 Å². The van der Waals surface area contributed by atoms with Crippen molar-refractivity contribution in [2.45, 2.75) is 26.3 Å². The summed E-state index contributed by atoms with van der Waals surface area (Å²) in [6.07, 6.45) is 0.838. The zero-order valence-electron chi connectivity index (χ0n) is 16.6. The minimum absolute atomic E-state index is 0.0601. The first-order chi connectivity index (χ1) is 13.3. The second kappa shape index (κ2) is 10.6. The molecule has 0 radical (unpaired) electrons. The van der Waals surface area contributed by atoms with E-state index < -0.39 is 0 Å². The number of hydrogen-bond donors (Lipinski definition) is 2. The van der Waals surface area contributed by atoms with Gasteiger partial charge < -0.3 is 10.6 Å².